The molecule has 2 aromatic rings. The van der Waals surface area contributed by atoms with Crippen LogP contribution >= 0.6 is 31.9 Å². The van der Waals surface area contributed by atoms with E-state index in [1.165, 1.54) is 0 Å². The van der Waals surface area contributed by atoms with Crippen molar-refractivity contribution in [3.63, 3.8) is 0 Å². The van der Waals surface area contributed by atoms with E-state index < -0.39 is 9.65 Å². The summed E-state index contributed by atoms with van der Waals surface area (Å²) in [7, 11) is 0. The van der Waals surface area contributed by atoms with Gasteiger partial charge < -0.3 is 9.47 Å². The van der Waals surface area contributed by atoms with Crippen LogP contribution in [-0.4, -0.2) is 21.6 Å². The van der Waals surface area contributed by atoms with Gasteiger partial charge in [0.15, 0.2) is 0 Å². The summed E-state index contributed by atoms with van der Waals surface area (Å²) in [6, 6.07) is 19.0. The van der Waals surface area contributed by atoms with Crippen LogP contribution in [0.25, 0.3) is 0 Å². The first-order valence-corrected chi connectivity index (χ1v) is 10.1. The van der Waals surface area contributed by atoms with Gasteiger partial charge in [-0.3, -0.25) is 9.59 Å². The third kappa shape index (κ3) is 7.30. The highest BCUT2D eigenvalue weighted by molar-refractivity contribution is 9.10. The van der Waals surface area contributed by atoms with Gasteiger partial charge in [0.25, 0.3) is 0 Å². The maximum atomic E-state index is 12.0. The fraction of sp³-hybridized carbons (Fsp3) is 0.300. The summed E-state index contributed by atoms with van der Waals surface area (Å²) < 4.78 is 10.5. The lowest BCUT2D eigenvalue weighted by atomic mass is 10.2. The van der Waals surface area contributed by atoms with Gasteiger partial charge in [0.05, 0.1) is 0 Å². The summed E-state index contributed by atoms with van der Waals surface area (Å²) in [5, 5.41) is 0. The molecule has 0 aliphatic rings. The molecule has 0 heterocycles. The summed E-state index contributed by atoms with van der Waals surface area (Å²) in [6.07, 6.45) is 0.925. The van der Waals surface area contributed by atoms with E-state index in [1.54, 1.807) is 0 Å². The molecule has 4 nitrogen and oxygen atoms in total. The largest absolute Gasteiger partial charge is 0.460 e. The van der Waals surface area contributed by atoms with Gasteiger partial charge in [-0.15, -0.1) is 0 Å². The van der Waals surface area contributed by atoms with Crippen molar-refractivity contribution < 1.29 is 19.1 Å². The van der Waals surface area contributed by atoms with Crippen molar-refractivity contribution >= 4 is 43.8 Å². The van der Waals surface area contributed by atoms with E-state index in [1.807, 2.05) is 60.7 Å². The van der Waals surface area contributed by atoms with E-state index in [0.29, 0.717) is 12.8 Å². The Morgan fingerprint density at radius 3 is 1.38 bits per heavy atom. The van der Waals surface area contributed by atoms with Gasteiger partial charge in [0.1, 0.15) is 22.9 Å². The minimum atomic E-state index is -0.465. The molecule has 138 valence electrons. The Bertz CT molecular complexity index is 630. The van der Waals surface area contributed by atoms with Crippen LogP contribution in [0.5, 0.6) is 0 Å². The number of carbonyl (C=O) groups excluding carboxylic acids is 2. The highest BCUT2D eigenvalue weighted by atomic mass is 79.9. The van der Waals surface area contributed by atoms with Crippen LogP contribution in [0.2, 0.25) is 0 Å². The quantitative estimate of drug-likeness (QED) is 0.380. The summed E-state index contributed by atoms with van der Waals surface area (Å²) in [5.41, 5.74) is 1.87. The number of esters is 2. The lowest BCUT2D eigenvalue weighted by Gasteiger charge is -2.13. The van der Waals surface area contributed by atoms with Crippen molar-refractivity contribution in [2.45, 2.75) is 35.7 Å². The molecular formula is C20H20Br2O4. The number of rotatable bonds is 9. The van der Waals surface area contributed by atoms with Gasteiger partial charge >= 0.3 is 11.9 Å². The van der Waals surface area contributed by atoms with E-state index in [-0.39, 0.29) is 25.2 Å². The fourth-order valence-electron chi connectivity index (χ4n) is 2.17. The summed E-state index contributed by atoms with van der Waals surface area (Å²) in [6.45, 7) is 0.470. The molecule has 0 N–H and O–H groups in total. The lowest BCUT2D eigenvalue weighted by Crippen LogP contribution is -2.22. The molecule has 0 spiro atoms. The molecule has 0 unspecified atom stereocenters. The molecule has 0 saturated carbocycles. The van der Waals surface area contributed by atoms with Crippen LogP contribution in [0.4, 0.5) is 0 Å². The summed E-state index contributed by atoms with van der Waals surface area (Å²) >= 11 is 6.65. The number of ether oxygens (including phenoxy) is 2. The average molecular weight is 484 g/mol. The maximum absolute atomic E-state index is 12.0. The Balaban J connectivity index is 1.67. The highest BCUT2D eigenvalue weighted by Crippen LogP contribution is 2.18. The zero-order chi connectivity index (χ0) is 18.8. The maximum Gasteiger partial charge on any atom is 0.320 e. The number of halogens is 2. The Morgan fingerprint density at radius 2 is 1.04 bits per heavy atom. The molecule has 0 aromatic heterocycles. The van der Waals surface area contributed by atoms with Gasteiger partial charge in [0.2, 0.25) is 0 Å². The Hall–Kier alpha value is -1.66. The van der Waals surface area contributed by atoms with Gasteiger partial charge in [0, 0.05) is 0 Å². The van der Waals surface area contributed by atoms with Crippen LogP contribution in [0, 0.1) is 0 Å². The first kappa shape index (κ1) is 20.6. The second kappa shape index (κ2) is 11.1. The second-order valence-corrected chi connectivity index (χ2v) is 7.91. The first-order valence-electron chi connectivity index (χ1n) is 8.25. The van der Waals surface area contributed by atoms with Crippen LogP contribution in [0.1, 0.15) is 24.0 Å². The molecule has 2 aromatic carbocycles. The Labute approximate surface area is 170 Å². The molecule has 2 rings (SSSR count). The molecule has 0 aliphatic carbocycles. The zero-order valence-electron chi connectivity index (χ0n) is 14.1. The second-order valence-electron chi connectivity index (χ2n) is 5.70. The highest BCUT2D eigenvalue weighted by Gasteiger charge is 2.22. The minimum absolute atomic E-state index is 0.235. The van der Waals surface area contributed by atoms with Crippen LogP contribution < -0.4 is 0 Å². The molecule has 0 amide bonds. The lowest BCUT2D eigenvalue weighted by molar-refractivity contribution is -0.146. The first-order chi connectivity index (χ1) is 12.6. The molecule has 2 atom stereocenters. The molecule has 0 fully saturated rings. The third-order valence-corrected chi connectivity index (χ3v) is 5.30. The summed E-state index contributed by atoms with van der Waals surface area (Å²) in [4.78, 5) is 23.1. The molecule has 0 saturated heterocycles. The molecule has 6 heteroatoms. The fourth-order valence-corrected chi connectivity index (χ4v) is 2.96. The van der Waals surface area contributed by atoms with Crippen LogP contribution in [-0.2, 0) is 32.3 Å². The van der Waals surface area contributed by atoms with Gasteiger partial charge in [-0.2, -0.15) is 0 Å². The van der Waals surface area contributed by atoms with Crippen molar-refractivity contribution in [3.05, 3.63) is 71.8 Å². The monoisotopic (exact) mass is 482 g/mol. The Morgan fingerprint density at radius 1 is 0.692 bits per heavy atom. The number of benzene rings is 2. The summed E-state index contributed by atoms with van der Waals surface area (Å²) in [5.74, 6) is -0.683. The molecule has 0 aliphatic heterocycles. The molecule has 26 heavy (non-hydrogen) atoms. The van der Waals surface area contributed by atoms with Gasteiger partial charge in [-0.25, -0.2) is 0 Å². The smallest absolute Gasteiger partial charge is 0.320 e. The van der Waals surface area contributed by atoms with Crippen LogP contribution in [0.3, 0.4) is 0 Å². The predicted molar refractivity (Wildman–Crippen MR) is 107 cm³/mol. The Kier molecular flexibility index (Phi) is 8.85. The molecule has 0 bridgehead atoms. The predicted octanol–water partition coefficient (Wildman–Crippen LogP) is 4.78. The van der Waals surface area contributed by atoms with Crippen molar-refractivity contribution in [2.75, 3.05) is 0 Å². The van der Waals surface area contributed by atoms with Gasteiger partial charge in [-0.1, -0.05) is 92.5 Å². The van der Waals surface area contributed by atoms with E-state index in [2.05, 4.69) is 31.9 Å². The minimum Gasteiger partial charge on any atom is -0.460 e. The topological polar surface area (TPSA) is 52.6 Å². The number of hydrogen-bond acceptors (Lipinski definition) is 4. The van der Waals surface area contributed by atoms with Crippen molar-refractivity contribution in [2.24, 2.45) is 0 Å². The van der Waals surface area contributed by atoms with Gasteiger partial charge in [-0.05, 0) is 24.0 Å². The molecular weight excluding hydrogens is 464 g/mol. The van der Waals surface area contributed by atoms with Crippen molar-refractivity contribution in [1.29, 1.82) is 0 Å². The molecule has 0 radical (unpaired) electrons. The van der Waals surface area contributed by atoms with E-state index in [9.17, 15) is 9.59 Å². The zero-order valence-corrected chi connectivity index (χ0v) is 17.3. The SMILES string of the molecule is O=C(OCc1ccccc1)[C@H](Br)CC[C@H](Br)C(=O)OCc1ccccc1. The van der Waals surface area contributed by atoms with Crippen molar-refractivity contribution in [1.82, 2.24) is 0 Å². The van der Waals surface area contributed by atoms with E-state index in [0.717, 1.165) is 11.1 Å². The third-order valence-electron chi connectivity index (χ3n) is 3.63. The van der Waals surface area contributed by atoms with E-state index >= 15 is 0 Å². The van der Waals surface area contributed by atoms with Crippen molar-refractivity contribution in [3.8, 4) is 0 Å². The van der Waals surface area contributed by atoms with E-state index in [4.69, 9.17) is 9.47 Å². The van der Waals surface area contributed by atoms with Crippen LogP contribution in [0.15, 0.2) is 60.7 Å². The normalized spacial score (nSPS) is 12.8. The number of carbonyl (C=O) groups is 2. The standard InChI is InChI=1S/C20H20Br2O4/c21-17(19(23)25-13-15-7-3-1-4-8-15)11-12-18(22)20(24)26-14-16-9-5-2-6-10-16/h1-10,17-18H,11-14H2/t17-,18+. The number of hydrogen-bond donors (Lipinski definition) is 0. The average Bonchev–Trinajstić information content (AvgIpc) is 2.69. The number of alkyl halides is 2.